The van der Waals surface area contributed by atoms with Crippen LogP contribution in [0.5, 0.6) is 5.75 Å². The molecule has 26 heavy (non-hydrogen) atoms. The van der Waals surface area contributed by atoms with Gasteiger partial charge < -0.3 is 10.1 Å². The minimum absolute atomic E-state index is 0.235. The van der Waals surface area contributed by atoms with Crippen LogP contribution in [0.4, 0.5) is 10.6 Å². The van der Waals surface area contributed by atoms with Gasteiger partial charge in [-0.3, -0.25) is 15.4 Å². The van der Waals surface area contributed by atoms with E-state index >= 15 is 0 Å². The highest BCUT2D eigenvalue weighted by molar-refractivity contribution is 5.93. The van der Waals surface area contributed by atoms with Crippen molar-refractivity contribution in [1.82, 2.24) is 25.5 Å². The number of ether oxygens (including phenoxy) is 1. The predicted octanol–water partition coefficient (Wildman–Crippen LogP) is 3.09. The SMILES string of the molecule is COc1c(-c2cn[nH]c2)cnc2ccc(NC(=O)NC3CCCC3)nc12. The summed E-state index contributed by atoms with van der Waals surface area (Å²) in [5.74, 6) is 1.05. The molecule has 1 aliphatic carbocycles. The van der Waals surface area contributed by atoms with Gasteiger partial charge in [0.15, 0.2) is 5.75 Å². The van der Waals surface area contributed by atoms with Crippen molar-refractivity contribution in [3.8, 4) is 16.9 Å². The van der Waals surface area contributed by atoms with Crippen molar-refractivity contribution in [3.63, 3.8) is 0 Å². The van der Waals surface area contributed by atoms with Crippen molar-refractivity contribution in [2.75, 3.05) is 12.4 Å². The minimum Gasteiger partial charge on any atom is -0.494 e. The lowest BCUT2D eigenvalue weighted by Crippen LogP contribution is -2.36. The Kier molecular flexibility index (Phi) is 4.39. The number of nitrogens with zero attached hydrogens (tertiary/aromatic N) is 3. The fourth-order valence-electron chi connectivity index (χ4n) is 3.33. The number of anilines is 1. The Balaban J connectivity index is 1.63. The van der Waals surface area contributed by atoms with E-state index in [9.17, 15) is 4.79 Å². The van der Waals surface area contributed by atoms with Crippen LogP contribution in [0.25, 0.3) is 22.2 Å². The van der Waals surface area contributed by atoms with Crippen molar-refractivity contribution >= 4 is 22.9 Å². The third-order valence-electron chi connectivity index (χ3n) is 4.61. The normalized spacial score (nSPS) is 14.5. The third kappa shape index (κ3) is 3.17. The van der Waals surface area contributed by atoms with Crippen molar-refractivity contribution in [2.24, 2.45) is 0 Å². The number of nitrogens with one attached hydrogen (secondary N) is 3. The first kappa shape index (κ1) is 16.3. The van der Waals surface area contributed by atoms with E-state index in [0.717, 1.165) is 24.0 Å². The van der Waals surface area contributed by atoms with Crippen LogP contribution in [-0.4, -0.2) is 39.3 Å². The van der Waals surface area contributed by atoms with Crippen LogP contribution in [0, 0.1) is 0 Å². The number of amides is 2. The average Bonchev–Trinajstić information content (AvgIpc) is 3.34. The lowest BCUT2D eigenvalue weighted by molar-refractivity contribution is 0.248. The number of hydrogen-bond acceptors (Lipinski definition) is 5. The molecular weight excluding hydrogens is 332 g/mol. The molecule has 3 heterocycles. The first-order valence-electron chi connectivity index (χ1n) is 8.65. The number of carbonyl (C=O) groups excluding carboxylic acids is 1. The summed E-state index contributed by atoms with van der Waals surface area (Å²) in [6, 6.07) is 3.57. The molecule has 3 aromatic rings. The average molecular weight is 352 g/mol. The van der Waals surface area contributed by atoms with Crippen molar-refractivity contribution < 1.29 is 9.53 Å². The molecule has 0 unspecified atom stereocenters. The summed E-state index contributed by atoms with van der Waals surface area (Å²) < 4.78 is 5.58. The molecule has 3 aromatic heterocycles. The number of fused-ring (bicyclic) bond motifs is 1. The number of hydrogen-bond donors (Lipinski definition) is 3. The summed E-state index contributed by atoms with van der Waals surface area (Å²) in [7, 11) is 1.59. The molecule has 2 amide bonds. The monoisotopic (exact) mass is 352 g/mol. The van der Waals surface area contributed by atoms with Crippen LogP contribution >= 0.6 is 0 Å². The molecule has 0 spiro atoms. The Morgan fingerprint density at radius 2 is 2.12 bits per heavy atom. The maximum atomic E-state index is 12.2. The topological polar surface area (TPSA) is 105 Å². The summed E-state index contributed by atoms with van der Waals surface area (Å²) in [5, 5.41) is 12.5. The van der Waals surface area contributed by atoms with Gasteiger partial charge in [-0.1, -0.05) is 12.8 Å². The molecule has 1 saturated carbocycles. The van der Waals surface area contributed by atoms with Crippen molar-refractivity contribution in [1.29, 1.82) is 0 Å². The molecule has 3 N–H and O–H groups in total. The highest BCUT2D eigenvalue weighted by atomic mass is 16.5. The van der Waals surface area contributed by atoms with E-state index in [2.05, 4.69) is 30.8 Å². The number of carbonyl (C=O) groups is 1. The maximum Gasteiger partial charge on any atom is 0.320 e. The summed E-state index contributed by atoms with van der Waals surface area (Å²) in [6.07, 6.45) is 9.59. The Bertz CT molecular complexity index is 919. The van der Waals surface area contributed by atoms with E-state index in [-0.39, 0.29) is 12.1 Å². The van der Waals surface area contributed by atoms with E-state index < -0.39 is 0 Å². The van der Waals surface area contributed by atoms with E-state index in [1.54, 1.807) is 31.8 Å². The number of urea groups is 1. The molecule has 0 aliphatic heterocycles. The highest BCUT2D eigenvalue weighted by Crippen LogP contribution is 2.34. The van der Waals surface area contributed by atoms with Gasteiger partial charge in [0.25, 0.3) is 0 Å². The summed E-state index contributed by atoms with van der Waals surface area (Å²) in [5.41, 5.74) is 2.92. The molecule has 1 aliphatic rings. The Hall–Kier alpha value is -3.16. The van der Waals surface area contributed by atoms with Crippen LogP contribution in [-0.2, 0) is 0 Å². The van der Waals surface area contributed by atoms with Gasteiger partial charge in [0.2, 0.25) is 0 Å². The van der Waals surface area contributed by atoms with Gasteiger partial charge >= 0.3 is 6.03 Å². The summed E-state index contributed by atoms with van der Waals surface area (Å²) in [4.78, 5) is 21.2. The molecule has 0 saturated heterocycles. The van der Waals surface area contributed by atoms with E-state index in [1.807, 2.05) is 6.07 Å². The van der Waals surface area contributed by atoms with Crippen LogP contribution in [0.3, 0.4) is 0 Å². The zero-order chi connectivity index (χ0) is 17.9. The largest absolute Gasteiger partial charge is 0.494 e. The van der Waals surface area contributed by atoms with Crippen molar-refractivity contribution in [3.05, 3.63) is 30.7 Å². The van der Waals surface area contributed by atoms with Crippen LogP contribution in [0.2, 0.25) is 0 Å². The molecule has 4 rings (SSSR count). The third-order valence-corrected chi connectivity index (χ3v) is 4.61. The molecule has 1 fully saturated rings. The van der Waals surface area contributed by atoms with Gasteiger partial charge in [0, 0.05) is 29.6 Å². The number of aromatic nitrogens is 4. The first-order valence-corrected chi connectivity index (χ1v) is 8.65. The first-order chi connectivity index (χ1) is 12.7. The van der Waals surface area contributed by atoms with Gasteiger partial charge in [-0.2, -0.15) is 5.10 Å². The summed E-state index contributed by atoms with van der Waals surface area (Å²) in [6.45, 7) is 0. The van der Waals surface area contributed by atoms with Gasteiger partial charge in [-0.05, 0) is 25.0 Å². The molecule has 8 heteroatoms. The molecule has 0 aromatic carbocycles. The van der Waals surface area contributed by atoms with Crippen molar-refractivity contribution in [2.45, 2.75) is 31.7 Å². The lowest BCUT2D eigenvalue weighted by atomic mass is 10.1. The quantitative estimate of drug-likeness (QED) is 0.669. The molecule has 134 valence electrons. The molecule has 0 atom stereocenters. The zero-order valence-corrected chi connectivity index (χ0v) is 14.5. The number of aromatic amines is 1. The van der Waals surface area contributed by atoms with Gasteiger partial charge in [-0.15, -0.1) is 0 Å². The van der Waals surface area contributed by atoms with Crippen LogP contribution < -0.4 is 15.4 Å². The van der Waals surface area contributed by atoms with E-state index in [0.29, 0.717) is 22.6 Å². The summed E-state index contributed by atoms with van der Waals surface area (Å²) >= 11 is 0. The van der Waals surface area contributed by atoms with Crippen LogP contribution in [0.15, 0.2) is 30.7 Å². The Labute approximate surface area is 150 Å². The number of H-pyrrole nitrogens is 1. The Morgan fingerprint density at radius 1 is 1.27 bits per heavy atom. The van der Waals surface area contributed by atoms with E-state index in [4.69, 9.17) is 4.74 Å². The smallest absolute Gasteiger partial charge is 0.320 e. The van der Waals surface area contributed by atoms with Crippen LogP contribution in [0.1, 0.15) is 25.7 Å². The molecule has 8 nitrogen and oxygen atoms in total. The lowest BCUT2D eigenvalue weighted by Gasteiger charge is -2.14. The maximum absolute atomic E-state index is 12.2. The predicted molar refractivity (Wildman–Crippen MR) is 98.1 cm³/mol. The second-order valence-corrected chi connectivity index (χ2v) is 6.34. The fraction of sp³-hybridized carbons (Fsp3) is 0.333. The molecular formula is C18H20N6O2. The molecule has 0 bridgehead atoms. The standard InChI is InChI=1S/C18H20N6O2/c1-26-17-13(11-8-20-21-9-11)10-19-14-6-7-15(23-16(14)17)24-18(25)22-12-4-2-3-5-12/h6-10,12H,2-5H2,1H3,(H,20,21)(H2,22,23,24,25). The number of pyridine rings is 2. The van der Waals surface area contributed by atoms with Gasteiger partial charge in [-0.25, -0.2) is 9.78 Å². The number of rotatable bonds is 4. The second-order valence-electron chi connectivity index (χ2n) is 6.34. The van der Waals surface area contributed by atoms with Gasteiger partial charge in [0.05, 0.1) is 18.8 Å². The minimum atomic E-state index is -0.235. The fourth-order valence-corrected chi connectivity index (χ4v) is 3.33. The Morgan fingerprint density at radius 3 is 2.85 bits per heavy atom. The van der Waals surface area contributed by atoms with Gasteiger partial charge in [0.1, 0.15) is 11.3 Å². The number of methoxy groups -OCH3 is 1. The van der Waals surface area contributed by atoms with E-state index in [1.165, 1.54) is 12.8 Å². The zero-order valence-electron chi connectivity index (χ0n) is 14.5. The highest BCUT2D eigenvalue weighted by Gasteiger charge is 2.18. The second kappa shape index (κ2) is 6.99. The molecule has 0 radical (unpaired) electrons.